The maximum atomic E-state index is 14.1. The minimum Gasteiger partial charge on any atom is -0.299 e. The molecule has 0 bridgehead atoms. The first-order valence-corrected chi connectivity index (χ1v) is 7.17. The molecule has 2 aromatic carbocycles. The molecule has 1 N–H and O–H groups in total. The summed E-state index contributed by atoms with van der Waals surface area (Å²) in [7, 11) is 0. The van der Waals surface area contributed by atoms with E-state index in [1.165, 1.54) is 12.1 Å². The summed E-state index contributed by atoms with van der Waals surface area (Å²) >= 11 is 0. The van der Waals surface area contributed by atoms with E-state index in [9.17, 15) is 30.7 Å². The Balaban J connectivity index is 2.65. The van der Waals surface area contributed by atoms with Crippen LogP contribution in [0.1, 0.15) is 5.56 Å². The summed E-state index contributed by atoms with van der Waals surface area (Å²) in [5.41, 5.74) is -1.30. The van der Waals surface area contributed by atoms with E-state index in [0.717, 1.165) is 12.1 Å². The van der Waals surface area contributed by atoms with Gasteiger partial charge in [0.1, 0.15) is 23.4 Å². The Morgan fingerprint density at radius 3 is 1.86 bits per heavy atom. The van der Waals surface area contributed by atoms with Crippen LogP contribution in [0.5, 0.6) is 0 Å². The summed E-state index contributed by atoms with van der Waals surface area (Å²) < 4.78 is 93.4. The van der Waals surface area contributed by atoms with Crippen LogP contribution in [0.2, 0.25) is 0 Å². The van der Waals surface area contributed by atoms with Gasteiger partial charge in [-0.1, -0.05) is 0 Å². The number of nitrogens with zero attached hydrogens (tertiary/aromatic N) is 3. The lowest BCUT2D eigenvalue weighted by Crippen LogP contribution is -2.32. The van der Waals surface area contributed by atoms with E-state index >= 15 is 0 Å². The molecule has 0 atom stereocenters. The fraction of sp³-hybridized carbons (Fsp3) is 0.0588. The lowest BCUT2D eigenvalue weighted by atomic mass is 10.2. The quantitative estimate of drug-likeness (QED) is 0.346. The van der Waals surface area contributed by atoms with Gasteiger partial charge in [-0.15, -0.1) is 0 Å². The largest absolute Gasteiger partial charge is 0.416 e. The van der Waals surface area contributed by atoms with Gasteiger partial charge < -0.3 is 0 Å². The molecular weight excluding hydrogens is 393 g/mol. The zero-order valence-corrected chi connectivity index (χ0v) is 13.5. The van der Waals surface area contributed by atoms with Gasteiger partial charge in [0.2, 0.25) is 0 Å². The predicted molar refractivity (Wildman–Crippen MR) is 82.3 cm³/mol. The average molecular weight is 400 g/mol. The molecule has 0 heterocycles. The topological polar surface area (TPSA) is 62.9 Å². The van der Waals surface area contributed by atoms with Gasteiger partial charge in [0.15, 0.2) is 23.3 Å². The number of nitriles is 2. The van der Waals surface area contributed by atoms with Crippen molar-refractivity contribution in [1.82, 2.24) is 5.43 Å². The van der Waals surface area contributed by atoms with Gasteiger partial charge in [-0.25, -0.2) is 17.6 Å². The molecule has 11 heteroatoms. The van der Waals surface area contributed by atoms with Crippen molar-refractivity contribution >= 4 is 11.4 Å². The van der Waals surface area contributed by atoms with Gasteiger partial charge >= 0.3 is 6.18 Å². The SMILES string of the molecule is N#CC(C#N)=CNN(c1ccc(C(F)(F)F)cc1)c1c(F)c(F)cc(F)c1F. The monoisotopic (exact) mass is 400 g/mol. The highest BCUT2D eigenvalue weighted by molar-refractivity contribution is 5.64. The molecule has 0 radical (unpaired) electrons. The Kier molecular flexibility index (Phi) is 5.79. The lowest BCUT2D eigenvalue weighted by Gasteiger charge is -2.26. The highest BCUT2D eigenvalue weighted by Gasteiger charge is 2.31. The van der Waals surface area contributed by atoms with Crippen molar-refractivity contribution in [3.63, 3.8) is 0 Å². The number of nitrogens with one attached hydrogen (secondary N) is 1. The van der Waals surface area contributed by atoms with Gasteiger partial charge in [0.25, 0.3) is 0 Å². The molecule has 144 valence electrons. The Bertz CT molecular complexity index is 956. The van der Waals surface area contributed by atoms with Crippen molar-refractivity contribution in [1.29, 1.82) is 10.5 Å². The fourth-order valence-electron chi connectivity index (χ4n) is 2.04. The number of rotatable bonds is 4. The zero-order valence-electron chi connectivity index (χ0n) is 13.5. The van der Waals surface area contributed by atoms with E-state index in [1.807, 2.05) is 0 Å². The fourth-order valence-corrected chi connectivity index (χ4v) is 2.04. The smallest absolute Gasteiger partial charge is 0.299 e. The van der Waals surface area contributed by atoms with Gasteiger partial charge in [-0.3, -0.25) is 10.4 Å². The molecule has 2 rings (SSSR count). The number of allylic oxidation sites excluding steroid dienone is 1. The minimum atomic E-state index is -4.70. The number of halogens is 7. The van der Waals surface area contributed by atoms with Crippen LogP contribution < -0.4 is 10.4 Å². The molecule has 0 amide bonds. The van der Waals surface area contributed by atoms with Gasteiger partial charge in [0, 0.05) is 12.3 Å². The van der Waals surface area contributed by atoms with Gasteiger partial charge in [-0.2, -0.15) is 23.7 Å². The zero-order chi connectivity index (χ0) is 21.1. The highest BCUT2D eigenvalue weighted by atomic mass is 19.4. The average Bonchev–Trinajstić information content (AvgIpc) is 2.65. The van der Waals surface area contributed by atoms with Crippen LogP contribution in [0.3, 0.4) is 0 Å². The van der Waals surface area contributed by atoms with E-state index in [-0.39, 0.29) is 11.8 Å². The molecule has 0 aromatic heterocycles. The number of alkyl halides is 3. The van der Waals surface area contributed by atoms with E-state index in [2.05, 4.69) is 5.43 Å². The van der Waals surface area contributed by atoms with Crippen LogP contribution in [0.15, 0.2) is 42.1 Å². The number of hydrogen-bond donors (Lipinski definition) is 1. The summed E-state index contributed by atoms with van der Waals surface area (Å²) in [6.07, 6.45) is -4.05. The molecule has 0 aliphatic carbocycles. The first-order chi connectivity index (χ1) is 13.1. The van der Waals surface area contributed by atoms with Crippen molar-refractivity contribution in [2.45, 2.75) is 6.18 Å². The summed E-state index contributed by atoms with van der Waals surface area (Å²) in [6, 6.07) is 5.45. The summed E-state index contributed by atoms with van der Waals surface area (Å²) in [4.78, 5) is 0. The number of hydrazine groups is 1. The first kappa shape index (κ1) is 20.6. The molecule has 0 saturated heterocycles. The van der Waals surface area contributed by atoms with Crippen molar-refractivity contribution in [2.75, 3.05) is 5.01 Å². The van der Waals surface area contributed by atoms with E-state index in [4.69, 9.17) is 10.5 Å². The molecular formula is C17H7F7N4. The van der Waals surface area contributed by atoms with Crippen LogP contribution in [0, 0.1) is 45.9 Å². The van der Waals surface area contributed by atoms with Crippen LogP contribution in [-0.4, -0.2) is 0 Å². The normalized spacial score (nSPS) is 10.6. The molecule has 28 heavy (non-hydrogen) atoms. The van der Waals surface area contributed by atoms with Crippen LogP contribution >= 0.6 is 0 Å². The predicted octanol–water partition coefficient (Wildman–Crippen LogP) is 4.84. The van der Waals surface area contributed by atoms with Crippen molar-refractivity contribution in [3.05, 3.63) is 70.9 Å². The Hall–Kier alpha value is -3.73. The minimum absolute atomic E-state index is 0.0507. The molecule has 0 aliphatic heterocycles. The van der Waals surface area contributed by atoms with Crippen molar-refractivity contribution in [2.24, 2.45) is 0 Å². The lowest BCUT2D eigenvalue weighted by molar-refractivity contribution is -0.137. The number of hydrogen-bond acceptors (Lipinski definition) is 4. The van der Waals surface area contributed by atoms with E-state index < -0.39 is 46.3 Å². The second-order valence-electron chi connectivity index (χ2n) is 5.11. The maximum Gasteiger partial charge on any atom is 0.416 e. The van der Waals surface area contributed by atoms with Crippen molar-refractivity contribution in [3.8, 4) is 12.1 Å². The van der Waals surface area contributed by atoms with E-state index in [0.29, 0.717) is 23.3 Å². The third-order valence-corrected chi connectivity index (χ3v) is 3.34. The standard InChI is InChI=1S/C17H7F7N4/c18-12-5-13(19)15(21)16(14(12)20)28(27-8-9(6-25)7-26)11-3-1-10(2-4-11)17(22,23)24/h1-5,8,27H. The molecule has 0 unspecified atom stereocenters. The Labute approximate surface area is 153 Å². The molecule has 0 fully saturated rings. The third-order valence-electron chi connectivity index (χ3n) is 3.34. The molecule has 0 saturated carbocycles. The van der Waals surface area contributed by atoms with Gasteiger partial charge in [-0.05, 0) is 24.3 Å². The second kappa shape index (κ2) is 7.88. The molecule has 0 aliphatic rings. The molecule has 4 nitrogen and oxygen atoms in total. The van der Waals surface area contributed by atoms with E-state index in [1.54, 1.807) is 0 Å². The molecule has 0 spiro atoms. The number of benzene rings is 2. The highest BCUT2D eigenvalue weighted by Crippen LogP contribution is 2.34. The summed E-state index contributed by atoms with van der Waals surface area (Å²) in [6.45, 7) is 0. The molecule has 2 aromatic rings. The van der Waals surface area contributed by atoms with Crippen LogP contribution in [-0.2, 0) is 6.18 Å². The first-order valence-electron chi connectivity index (χ1n) is 7.17. The number of anilines is 2. The maximum absolute atomic E-state index is 14.1. The second-order valence-corrected chi connectivity index (χ2v) is 5.11. The van der Waals surface area contributed by atoms with Crippen LogP contribution in [0.4, 0.5) is 42.1 Å². The Morgan fingerprint density at radius 2 is 1.43 bits per heavy atom. The van der Waals surface area contributed by atoms with Crippen molar-refractivity contribution < 1.29 is 30.7 Å². The Morgan fingerprint density at radius 1 is 0.929 bits per heavy atom. The van der Waals surface area contributed by atoms with Crippen LogP contribution in [0.25, 0.3) is 0 Å². The summed E-state index contributed by atoms with van der Waals surface area (Å²) in [5, 5.41) is 17.8. The summed E-state index contributed by atoms with van der Waals surface area (Å²) in [5.74, 6) is -7.24. The van der Waals surface area contributed by atoms with Gasteiger partial charge in [0.05, 0.1) is 11.3 Å². The third kappa shape index (κ3) is 4.15.